The minimum Gasteiger partial charge on any atom is -0.465 e. The topological polar surface area (TPSA) is 128 Å². The summed E-state index contributed by atoms with van der Waals surface area (Å²) in [6, 6.07) is 11.2. The predicted molar refractivity (Wildman–Crippen MR) is 91.8 cm³/mol. The first-order valence-electron chi connectivity index (χ1n) is 7.41. The summed E-state index contributed by atoms with van der Waals surface area (Å²) in [5, 5.41) is 15.6. The molecular formula is C17H15N3O6. The molecule has 26 heavy (non-hydrogen) atoms. The van der Waals surface area contributed by atoms with Gasteiger partial charge in [-0.05, 0) is 30.3 Å². The fraction of sp³-hybridized carbons (Fsp3) is 0.118. The van der Waals surface area contributed by atoms with E-state index < -0.39 is 22.7 Å². The molecule has 0 aliphatic heterocycles. The highest BCUT2D eigenvalue weighted by atomic mass is 16.6. The van der Waals surface area contributed by atoms with Gasteiger partial charge in [0.15, 0.2) is 0 Å². The Labute approximate surface area is 148 Å². The lowest BCUT2D eigenvalue weighted by Gasteiger charge is -2.07. The van der Waals surface area contributed by atoms with Crippen molar-refractivity contribution < 1.29 is 24.0 Å². The van der Waals surface area contributed by atoms with E-state index in [4.69, 9.17) is 0 Å². The summed E-state index contributed by atoms with van der Waals surface area (Å²) in [6.45, 7) is -0.319. The van der Waals surface area contributed by atoms with Gasteiger partial charge in [0, 0.05) is 23.4 Å². The van der Waals surface area contributed by atoms with Crippen LogP contribution in [0.5, 0.6) is 0 Å². The molecule has 0 radical (unpaired) electrons. The quantitative estimate of drug-likeness (QED) is 0.460. The fourth-order valence-corrected chi connectivity index (χ4v) is 2.04. The highest BCUT2D eigenvalue weighted by Gasteiger charge is 2.13. The fourth-order valence-electron chi connectivity index (χ4n) is 2.04. The van der Waals surface area contributed by atoms with E-state index in [1.54, 1.807) is 0 Å². The second kappa shape index (κ2) is 8.38. The van der Waals surface area contributed by atoms with Crippen molar-refractivity contribution in [2.24, 2.45) is 0 Å². The van der Waals surface area contributed by atoms with Gasteiger partial charge in [0.05, 0.1) is 24.1 Å². The number of hydrogen-bond donors (Lipinski definition) is 2. The molecule has 0 fully saturated rings. The molecule has 9 nitrogen and oxygen atoms in total. The van der Waals surface area contributed by atoms with E-state index in [1.807, 2.05) is 0 Å². The second-order valence-electron chi connectivity index (χ2n) is 5.11. The summed E-state index contributed by atoms with van der Waals surface area (Å²) in [5.74, 6) is -1.59. The number of amides is 2. The average molecular weight is 357 g/mol. The van der Waals surface area contributed by atoms with Gasteiger partial charge in [-0.3, -0.25) is 19.7 Å². The molecule has 0 aromatic heterocycles. The zero-order valence-corrected chi connectivity index (χ0v) is 13.7. The van der Waals surface area contributed by atoms with E-state index in [2.05, 4.69) is 15.4 Å². The Balaban J connectivity index is 1.90. The summed E-state index contributed by atoms with van der Waals surface area (Å²) < 4.78 is 4.57. The van der Waals surface area contributed by atoms with Crippen LogP contribution in [-0.4, -0.2) is 36.4 Å². The molecule has 0 atom stereocenters. The number of anilines is 1. The van der Waals surface area contributed by atoms with E-state index in [1.165, 1.54) is 49.6 Å². The Bertz CT molecular complexity index is 848. The van der Waals surface area contributed by atoms with Crippen molar-refractivity contribution in [3.63, 3.8) is 0 Å². The lowest BCUT2D eigenvalue weighted by molar-refractivity contribution is -0.384. The number of nitro groups is 1. The summed E-state index contributed by atoms with van der Waals surface area (Å²) in [7, 11) is 1.27. The van der Waals surface area contributed by atoms with Crippen LogP contribution in [0.15, 0.2) is 48.5 Å². The van der Waals surface area contributed by atoms with Gasteiger partial charge in [-0.1, -0.05) is 6.07 Å². The van der Waals surface area contributed by atoms with Crippen molar-refractivity contribution in [1.29, 1.82) is 0 Å². The normalized spacial score (nSPS) is 9.88. The molecule has 0 unspecified atom stereocenters. The highest BCUT2D eigenvalue weighted by molar-refractivity contribution is 5.99. The number of non-ortho nitro benzene ring substituents is 1. The van der Waals surface area contributed by atoms with Crippen LogP contribution in [0.1, 0.15) is 20.7 Å². The highest BCUT2D eigenvalue weighted by Crippen LogP contribution is 2.13. The first-order chi connectivity index (χ1) is 12.4. The molecule has 9 heteroatoms. The maximum Gasteiger partial charge on any atom is 0.337 e. The number of carbonyl (C=O) groups excluding carboxylic acids is 3. The Morgan fingerprint density at radius 3 is 2.38 bits per heavy atom. The monoisotopic (exact) mass is 357 g/mol. The van der Waals surface area contributed by atoms with Gasteiger partial charge in [-0.15, -0.1) is 0 Å². The Morgan fingerprint density at radius 2 is 1.77 bits per heavy atom. The summed E-state index contributed by atoms with van der Waals surface area (Å²) in [4.78, 5) is 45.3. The predicted octanol–water partition coefficient (Wildman–Crippen LogP) is 1.75. The third kappa shape index (κ3) is 4.87. The van der Waals surface area contributed by atoms with Crippen LogP contribution in [0.3, 0.4) is 0 Å². The zero-order chi connectivity index (χ0) is 19.1. The maximum absolute atomic E-state index is 12.0. The first kappa shape index (κ1) is 18.6. The number of rotatable bonds is 6. The molecule has 2 amide bonds. The van der Waals surface area contributed by atoms with Crippen LogP contribution in [0, 0.1) is 10.1 Å². The third-order valence-corrected chi connectivity index (χ3v) is 3.32. The number of carbonyl (C=O) groups is 3. The zero-order valence-electron chi connectivity index (χ0n) is 13.7. The summed E-state index contributed by atoms with van der Waals surface area (Å²) >= 11 is 0. The number of ether oxygens (including phenoxy) is 1. The molecule has 0 bridgehead atoms. The lowest BCUT2D eigenvalue weighted by Crippen LogP contribution is -2.32. The van der Waals surface area contributed by atoms with E-state index in [0.717, 1.165) is 6.07 Å². The van der Waals surface area contributed by atoms with E-state index in [9.17, 15) is 24.5 Å². The van der Waals surface area contributed by atoms with Crippen LogP contribution in [-0.2, 0) is 9.53 Å². The van der Waals surface area contributed by atoms with Gasteiger partial charge < -0.3 is 15.4 Å². The van der Waals surface area contributed by atoms with Gasteiger partial charge in [-0.25, -0.2) is 4.79 Å². The molecule has 2 aromatic rings. The van der Waals surface area contributed by atoms with Gasteiger partial charge in [0.1, 0.15) is 0 Å². The van der Waals surface area contributed by atoms with Crippen LogP contribution < -0.4 is 10.6 Å². The molecule has 0 aliphatic carbocycles. The molecule has 134 valence electrons. The lowest BCUT2D eigenvalue weighted by atomic mass is 10.2. The average Bonchev–Trinajstić information content (AvgIpc) is 2.66. The van der Waals surface area contributed by atoms with Crippen LogP contribution >= 0.6 is 0 Å². The van der Waals surface area contributed by atoms with Crippen molar-refractivity contribution in [3.8, 4) is 0 Å². The van der Waals surface area contributed by atoms with Gasteiger partial charge in [-0.2, -0.15) is 0 Å². The molecule has 2 aromatic carbocycles. The Kier molecular flexibility index (Phi) is 5.99. The van der Waals surface area contributed by atoms with Crippen molar-refractivity contribution >= 4 is 29.2 Å². The minimum absolute atomic E-state index is 0.0782. The van der Waals surface area contributed by atoms with Crippen LogP contribution in [0.4, 0.5) is 11.4 Å². The number of benzene rings is 2. The summed E-state index contributed by atoms with van der Waals surface area (Å²) in [5.41, 5.74) is 0.638. The molecule has 0 aliphatic rings. The number of esters is 1. The van der Waals surface area contributed by atoms with E-state index >= 15 is 0 Å². The van der Waals surface area contributed by atoms with E-state index in [0.29, 0.717) is 11.3 Å². The van der Waals surface area contributed by atoms with Crippen LogP contribution in [0.25, 0.3) is 0 Å². The number of nitro benzene ring substituents is 1. The third-order valence-electron chi connectivity index (χ3n) is 3.32. The molecule has 0 spiro atoms. The first-order valence-corrected chi connectivity index (χ1v) is 7.41. The standard InChI is InChI=1S/C17H15N3O6/c1-26-17(23)11-5-7-13(8-6-11)19-15(21)10-18-16(22)12-3-2-4-14(9-12)20(24)25/h2-9H,10H2,1H3,(H,18,22)(H,19,21). The molecule has 0 heterocycles. The number of nitrogens with one attached hydrogen (secondary N) is 2. The number of hydrogen-bond acceptors (Lipinski definition) is 6. The van der Waals surface area contributed by atoms with Gasteiger partial charge in [0.25, 0.3) is 11.6 Å². The largest absolute Gasteiger partial charge is 0.465 e. The van der Waals surface area contributed by atoms with Gasteiger partial charge in [0.2, 0.25) is 5.91 Å². The van der Waals surface area contributed by atoms with Crippen molar-refractivity contribution in [1.82, 2.24) is 5.32 Å². The maximum atomic E-state index is 12.0. The molecule has 2 N–H and O–H groups in total. The Morgan fingerprint density at radius 1 is 1.08 bits per heavy atom. The van der Waals surface area contributed by atoms with Crippen LogP contribution in [0.2, 0.25) is 0 Å². The molecule has 0 saturated carbocycles. The minimum atomic E-state index is -0.610. The number of nitrogens with zero attached hydrogens (tertiary/aromatic N) is 1. The van der Waals surface area contributed by atoms with Gasteiger partial charge >= 0.3 is 5.97 Å². The van der Waals surface area contributed by atoms with Crippen molar-refractivity contribution in [2.45, 2.75) is 0 Å². The van der Waals surface area contributed by atoms with Crippen molar-refractivity contribution in [3.05, 3.63) is 69.8 Å². The van der Waals surface area contributed by atoms with E-state index in [-0.39, 0.29) is 17.8 Å². The second-order valence-corrected chi connectivity index (χ2v) is 5.11. The molecule has 2 rings (SSSR count). The SMILES string of the molecule is COC(=O)c1ccc(NC(=O)CNC(=O)c2cccc([N+](=O)[O-])c2)cc1. The number of methoxy groups -OCH3 is 1. The smallest absolute Gasteiger partial charge is 0.337 e. The summed E-state index contributed by atoms with van der Waals surface area (Å²) in [6.07, 6.45) is 0. The Hall–Kier alpha value is -3.75. The molecular weight excluding hydrogens is 342 g/mol. The molecule has 0 saturated heterocycles. The van der Waals surface area contributed by atoms with Crippen molar-refractivity contribution in [2.75, 3.05) is 19.0 Å².